The Morgan fingerprint density at radius 1 is 1.27 bits per heavy atom. The number of imidazole rings is 1. The highest BCUT2D eigenvalue weighted by Crippen LogP contribution is 2.31. The van der Waals surface area contributed by atoms with Crippen LogP contribution in [0.15, 0.2) is 42.5 Å². The lowest BCUT2D eigenvalue weighted by Gasteiger charge is -2.01. The van der Waals surface area contributed by atoms with Gasteiger partial charge in [0.05, 0.1) is 23.7 Å². The lowest BCUT2D eigenvalue weighted by Crippen LogP contribution is -1.91. The molecule has 5 nitrogen and oxygen atoms in total. The number of para-hydroxylation sites is 2. The zero-order chi connectivity index (χ0) is 18.3. The Hall–Kier alpha value is -3.52. The highest BCUT2D eigenvalue weighted by atomic mass is 16.5. The van der Waals surface area contributed by atoms with E-state index in [4.69, 9.17) is 4.74 Å². The minimum atomic E-state index is 0.500. The van der Waals surface area contributed by atoms with E-state index in [0.717, 1.165) is 38.9 Å². The van der Waals surface area contributed by atoms with Crippen molar-refractivity contribution in [3.05, 3.63) is 59.5 Å². The van der Waals surface area contributed by atoms with E-state index < -0.39 is 0 Å². The Bertz CT molecular complexity index is 1170. The largest absolute Gasteiger partial charge is 0.497 e. The lowest BCUT2D eigenvalue weighted by molar-refractivity contribution is 0.415. The minimum Gasteiger partial charge on any atom is -0.497 e. The summed E-state index contributed by atoms with van der Waals surface area (Å²) in [6.07, 6.45) is 1.90. The van der Waals surface area contributed by atoms with E-state index in [-0.39, 0.29) is 0 Å². The first kappa shape index (κ1) is 16.0. The van der Waals surface area contributed by atoms with Gasteiger partial charge in [-0.05, 0) is 43.3 Å². The summed E-state index contributed by atoms with van der Waals surface area (Å²) in [6.45, 7) is 2.05. The van der Waals surface area contributed by atoms with Crippen LogP contribution in [-0.4, -0.2) is 21.6 Å². The number of methoxy groups -OCH3 is 1. The molecule has 0 spiro atoms. The van der Waals surface area contributed by atoms with Gasteiger partial charge < -0.3 is 14.3 Å². The molecule has 0 saturated heterocycles. The van der Waals surface area contributed by atoms with Gasteiger partial charge in [-0.1, -0.05) is 12.1 Å². The first-order valence-electron chi connectivity index (χ1n) is 8.32. The van der Waals surface area contributed by atoms with Gasteiger partial charge in [-0.15, -0.1) is 0 Å². The SMILES string of the molecule is COc1ccc2c(c1)c(C=C(C#N)c1nc3ccccc3[nH]1)c(C)n2C. The normalized spacial score (nSPS) is 11.8. The van der Waals surface area contributed by atoms with Crippen molar-refractivity contribution in [2.24, 2.45) is 7.05 Å². The number of rotatable bonds is 3. The third-order valence-electron chi connectivity index (χ3n) is 4.80. The van der Waals surface area contributed by atoms with Crippen LogP contribution in [-0.2, 0) is 7.05 Å². The first-order valence-corrected chi connectivity index (χ1v) is 8.32. The van der Waals surface area contributed by atoms with Gasteiger partial charge in [0.15, 0.2) is 0 Å². The highest BCUT2D eigenvalue weighted by Gasteiger charge is 2.14. The number of nitriles is 1. The molecule has 0 fully saturated rings. The number of nitrogens with one attached hydrogen (secondary N) is 1. The number of hydrogen-bond donors (Lipinski definition) is 1. The summed E-state index contributed by atoms with van der Waals surface area (Å²) >= 11 is 0. The minimum absolute atomic E-state index is 0.500. The molecule has 26 heavy (non-hydrogen) atoms. The maximum absolute atomic E-state index is 9.73. The monoisotopic (exact) mass is 342 g/mol. The molecule has 5 heteroatoms. The van der Waals surface area contributed by atoms with Crippen LogP contribution in [0.4, 0.5) is 0 Å². The van der Waals surface area contributed by atoms with E-state index in [1.165, 1.54) is 0 Å². The molecule has 0 aliphatic heterocycles. The van der Waals surface area contributed by atoms with E-state index in [1.807, 2.05) is 62.5 Å². The van der Waals surface area contributed by atoms with Crippen LogP contribution < -0.4 is 4.74 Å². The summed E-state index contributed by atoms with van der Waals surface area (Å²) in [5.41, 5.74) is 5.44. The van der Waals surface area contributed by atoms with Crippen molar-refractivity contribution in [3.63, 3.8) is 0 Å². The molecule has 0 amide bonds. The molecule has 2 aromatic heterocycles. The van der Waals surface area contributed by atoms with Crippen LogP contribution in [0.25, 0.3) is 33.6 Å². The number of ether oxygens (including phenoxy) is 1. The molecular formula is C21H18N4O. The molecule has 2 aromatic carbocycles. The zero-order valence-corrected chi connectivity index (χ0v) is 14.9. The number of aromatic nitrogens is 3. The summed E-state index contributed by atoms with van der Waals surface area (Å²) in [5, 5.41) is 10.8. The number of aromatic amines is 1. The van der Waals surface area contributed by atoms with Crippen molar-refractivity contribution < 1.29 is 4.74 Å². The molecule has 0 unspecified atom stereocenters. The molecule has 128 valence electrons. The van der Waals surface area contributed by atoms with Gasteiger partial charge >= 0.3 is 0 Å². The first-order chi connectivity index (χ1) is 12.6. The fourth-order valence-corrected chi connectivity index (χ4v) is 3.27. The Kier molecular flexibility index (Phi) is 3.74. The van der Waals surface area contributed by atoms with Crippen molar-refractivity contribution in [2.45, 2.75) is 6.92 Å². The number of aryl methyl sites for hydroxylation is 1. The lowest BCUT2D eigenvalue weighted by atomic mass is 10.1. The van der Waals surface area contributed by atoms with Gasteiger partial charge in [-0.2, -0.15) is 5.26 Å². The second-order valence-electron chi connectivity index (χ2n) is 6.21. The van der Waals surface area contributed by atoms with Crippen LogP contribution in [0.5, 0.6) is 5.75 Å². The molecule has 0 aliphatic carbocycles. The fourth-order valence-electron chi connectivity index (χ4n) is 3.27. The predicted octanol–water partition coefficient (Wildman–Crippen LogP) is 4.44. The van der Waals surface area contributed by atoms with Crippen LogP contribution >= 0.6 is 0 Å². The van der Waals surface area contributed by atoms with Gasteiger partial charge in [0.25, 0.3) is 0 Å². The Labute approximate surface area is 151 Å². The number of nitrogens with zero attached hydrogens (tertiary/aromatic N) is 3. The summed E-state index contributed by atoms with van der Waals surface area (Å²) in [7, 11) is 3.68. The number of fused-ring (bicyclic) bond motifs is 2. The Morgan fingerprint density at radius 3 is 2.81 bits per heavy atom. The Morgan fingerprint density at radius 2 is 2.08 bits per heavy atom. The molecule has 1 N–H and O–H groups in total. The number of benzene rings is 2. The molecule has 2 heterocycles. The topological polar surface area (TPSA) is 66.6 Å². The third-order valence-corrected chi connectivity index (χ3v) is 4.80. The van der Waals surface area contributed by atoms with Gasteiger partial charge in [-0.25, -0.2) is 4.98 Å². The second kappa shape index (κ2) is 6.08. The van der Waals surface area contributed by atoms with Crippen molar-refractivity contribution >= 4 is 33.6 Å². The summed E-state index contributed by atoms with van der Waals surface area (Å²) in [5.74, 6) is 1.37. The van der Waals surface area contributed by atoms with Crippen molar-refractivity contribution in [3.8, 4) is 11.8 Å². The maximum Gasteiger partial charge on any atom is 0.149 e. The summed E-state index contributed by atoms with van der Waals surface area (Å²) < 4.78 is 7.49. The van der Waals surface area contributed by atoms with E-state index in [2.05, 4.69) is 20.6 Å². The molecular weight excluding hydrogens is 324 g/mol. The third kappa shape index (κ3) is 2.44. The predicted molar refractivity (Wildman–Crippen MR) is 104 cm³/mol. The number of hydrogen-bond acceptors (Lipinski definition) is 3. The van der Waals surface area contributed by atoms with Crippen LogP contribution in [0, 0.1) is 18.3 Å². The molecule has 0 radical (unpaired) electrons. The van der Waals surface area contributed by atoms with Crippen molar-refractivity contribution in [1.82, 2.24) is 14.5 Å². The summed E-state index contributed by atoms with van der Waals surface area (Å²) in [6, 6.07) is 16.0. The standard InChI is InChI=1S/C21H18N4O/c1-13-16(17-11-15(26-3)8-9-20(17)25(13)2)10-14(12-22)21-23-18-6-4-5-7-19(18)24-21/h4-11H,1-3H3,(H,23,24). The quantitative estimate of drug-likeness (QED) is 0.560. The number of H-pyrrole nitrogens is 1. The average Bonchev–Trinajstić information content (AvgIpc) is 3.20. The average molecular weight is 342 g/mol. The van der Waals surface area contributed by atoms with E-state index in [9.17, 15) is 5.26 Å². The molecule has 0 bridgehead atoms. The van der Waals surface area contributed by atoms with Crippen LogP contribution in [0.3, 0.4) is 0 Å². The molecule has 4 rings (SSSR count). The van der Waals surface area contributed by atoms with Crippen LogP contribution in [0.2, 0.25) is 0 Å². The fraction of sp³-hybridized carbons (Fsp3) is 0.143. The summed E-state index contributed by atoms with van der Waals surface area (Å²) in [4.78, 5) is 7.78. The smallest absolute Gasteiger partial charge is 0.149 e. The maximum atomic E-state index is 9.73. The van der Waals surface area contributed by atoms with E-state index in [0.29, 0.717) is 11.4 Å². The van der Waals surface area contributed by atoms with Crippen molar-refractivity contribution in [2.75, 3.05) is 7.11 Å². The van der Waals surface area contributed by atoms with Gasteiger partial charge in [-0.3, -0.25) is 0 Å². The van der Waals surface area contributed by atoms with Gasteiger partial charge in [0, 0.05) is 29.2 Å². The Balaban J connectivity index is 1.93. The molecule has 0 atom stereocenters. The van der Waals surface area contributed by atoms with E-state index in [1.54, 1.807) is 7.11 Å². The van der Waals surface area contributed by atoms with Gasteiger partial charge in [0.1, 0.15) is 17.6 Å². The molecule has 0 aliphatic rings. The second-order valence-corrected chi connectivity index (χ2v) is 6.21. The van der Waals surface area contributed by atoms with E-state index >= 15 is 0 Å². The zero-order valence-electron chi connectivity index (χ0n) is 14.9. The van der Waals surface area contributed by atoms with Crippen molar-refractivity contribution in [1.29, 1.82) is 5.26 Å². The molecule has 4 aromatic rings. The van der Waals surface area contributed by atoms with Crippen LogP contribution in [0.1, 0.15) is 17.1 Å². The highest BCUT2D eigenvalue weighted by molar-refractivity contribution is 5.99. The number of allylic oxidation sites excluding steroid dienone is 1. The van der Waals surface area contributed by atoms with Gasteiger partial charge in [0.2, 0.25) is 0 Å². The molecule has 0 saturated carbocycles.